The van der Waals surface area contributed by atoms with E-state index in [0.29, 0.717) is 40.3 Å². The zero-order valence-electron chi connectivity index (χ0n) is 20.3. The molecule has 0 bridgehead atoms. The number of amides is 1. The summed E-state index contributed by atoms with van der Waals surface area (Å²) in [5.41, 5.74) is 1.73. The fourth-order valence-electron chi connectivity index (χ4n) is 3.79. The normalized spacial score (nSPS) is 12.6. The van der Waals surface area contributed by atoms with Crippen LogP contribution in [0.15, 0.2) is 64.7 Å². The summed E-state index contributed by atoms with van der Waals surface area (Å²) >= 11 is 1.17. The Bertz CT molecular complexity index is 1430. The molecule has 0 spiro atoms. The average Bonchev–Trinajstić information content (AvgIpc) is 3.36. The van der Waals surface area contributed by atoms with E-state index in [0.717, 1.165) is 24.1 Å². The van der Waals surface area contributed by atoms with Gasteiger partial charge in [0.05, 0.1) is 17.0 Å². The summed E-state index contributed by atoms with van der Waals surface area (Å²) in [6.07, 6.45) is -1.34. The highest BCUT2D eigenvalue weighted by atomic mass is 32.2. The van der Waals surface area contributed by atoms with Crippen molar-refractivity contribution in [1.29, 1.82) is 0 Å². The highest BCUT2D eigenvalue weighted by Gasteiger charge is 2.30. The predicted molar refractivity (Wildman–Crippen MR) is 138 cm³/mol. The van der Waals surface area contributed by atoms with Gasteiger partial charge in [-0.1, -0.05) is 49.9 Å². The van der Waals surface area contributed by atoms with Crippen LogP contribution in [0.2, 0.25) is 0 Å². The first-order valence-corrected chi connectivity index (χ1v) is 12.7. The van der Waals surface area contributed by atoms with Gasteiger partial charge in [-0.15, -0.1) is 0 Å². The highest BCUT2D eigenvalue weighted by Crippen LogP contribution is 2.29. The van der Waals surface area contributed by atoms with Crippen molar-refractivity contribution in [3.8, 4) is 0 Å². The largest absolute Gasteiger partial charge is 0.416 e. The second-order valence-corrected chi connectivity index (χ2v) is 9.65. The van der Waals surface area contributed by atoms with Crippen LogP contribution in [-0.2, 0) is 30.4 Å². The molecule has 1 unspecified atom stereocenters. The molecule has 2 heterocycles. The van der Waals surface area contributed by atoms with Gasteiger partial charge in [0.15, 0.2) is 10.8 Å². The second kappa shape index (κ2) is 11.2. The number of halogens is 3. The Balaban J connectivity index is 1.56. The maximum Gasteiger partial charge on any atom is 0.416 e. The van der Waals surface area contributed by atoms with E-state index in [1.54, 1.807) is 0 Å². The molecular formula is C26H26F3N5O2S. The third-order valence-electron chi connectivity index (χ3n) is 5.98. The topological polar surface area (TPSA) is 92.7 Å². The van der Waals surface area contributed by atoms with E-state index in [4.69, 9.17) is 0 Å². The second-order valence-electron chi connectivity index (χ2n) is 8.48. The van der Waals surface area contributed by atoms with Crippen LogP contribution in [-0.4, -0.2) is 30.9 Å². The molecule has 2 aromatic carbocycles. The molecule has 0 aliphatic rings. The van der Waals surface area contributed by atoms with E-state index in [1.165, 1.54) is 34.7 Å². The molecule has 0 fully saturated rings. The van der Waals surface area contributed by atoms with E-state index in [1.807, 2.05) is 31.2 Å². The number of carbonyl (C=O) groups is 1. The molecule has 4 rings (SSSR count). The summed E-state index contributed by atoms with van der Waals surface area (Å²) < 4.78 is 40.1. The number of alkyl halides is 3. The number of aryl methyl sites for hydroxylation is 2. The van der Waals surface area contributed by atoms with Gasteiger partial charge in [-0.25, -0.2) is 4.98 Å². The van der Waals surface area contributed by atoms with Gasteiger partial charge in [0.25, 0.3) is 5.56 Å². The summed E-state index contributed by atoms with van der Waals surface area (Å²) in [6.45, 7) is 4.10. The summed E-state index contributed by atoms with van der Waals surface area (Å²) in [5, 5.41) is 9.62. The number of hydrogen-bond acceptors (Lipinski definition) is 5. The third-order valence-corrected chi connectivity index (χ3v) is 7.33. The van der Waals surface area contributed by atoms with E-state index < -0.39 is 17.0 Å². The molecule has 7 nitrogen and oxygen atoms in total. The molecule has 11 heteroatoms. The van der Waals surface area contributed by atoms with Gasteiger partial charge < -0.3 is 5.32 Å². The Morgan fingerprint density at radius 1 is 1.08 bits per heavy atom. The number of thioether (sulfide) groups is 1. The zero-order chi connectivity index (χ0) is 26.6. The van der Waals surface area contributed by atoms with Crippen molar-refractivity contribution in [3.63, 3.8) is 0 Å². The van der Waals surface area contributed by atoms with E-state index in [-0.39, 0.29) is 18.0 Å². The number of nitrogens with one attached hydrogen (secondary N) is 2. The monoisotopic (exact) mass is 529 g/mol. The SMILES string of the molecule is CCc1ccc(NC(=O)C(CC)Sc2nc3[nH]ncc3c(=O)n2CCc2ccc(C(F)(F)F)cc2)cc1. The van der Waals surface area contributed by atoms with Gasteiger partial charge >= 0.3 is 6.18 Å². The number of nitrogens with zero attached hydrogens (tertiary/aromatic N) is 3. The number of fused-ring (bicyclic) bond motifs is 1. The van der Waals surface area contributed by atoms with Gasteiger partial charge in [0.1, 0.15) is 5.39 Å². The maximum absolute atomic E-state index is 13.2. The molecule has 1 atom stereocenters. The van der Waals surface area contributed by atoms with Crippen LogP contribution in [0.4, 0.5) is 18.9 Å². The quantitative estimate of drug-likeness (QED) is 0.222. The Labute approximate surface area is 215 Å². The Hall–Kier alpha value is -3.60. The smallest absolute Gasteiger partial charge is 0.325 e. The van der Waals surface area contributed by atoms with Crippen LogP contribution in [0.25, 0.3) is 11.0 Å². The van der Waals surface area contributed by atoms with Gasteiger partial charge in [0, 0.05) is 12.2 Å². The lowest BCUT2D eigenvalue weighted by Gasteiger charge is -2.17. The molecule has 4 aromatic rings. The predicted octanol–water partition coefficient (Wildman–Crippen LogP) is 5.45. The molecule has 2 N–H and O–H groups in total. The summed E-state index contributed by atoms with van der Waals surface area (Å²) in [6, 6.07) is 12.5. The number of aromatic nitrogens is 4. The molecule has 0 radical (unpaired) electrons. The van der Waals surface area contributed by atoms with Gasteiger partial charge in [0.2, 0.25) is 5.91 Å². The highest BCUT2D eigenvalue weighted by molar-refractivity contribution is 8.00. The van der Waals surface area contributed by atoms with Crippen LogP contribution in [0.5, 0.6) is 0 Å². The molecule has 1 amide bonds. The fourth-order valence-corrected chi connectivity index (χ4v) is 4.83. The number of hydrogen-bond donors (Lipinski definition) is 2. The Morgan fingerprint density at radius 3 is 2.38 bits per heavy atom. The first kappa shape index (κ1) is 26.5. The number of H-pyrrole nitrogens is 1. The van der Waals surface area contributed by atoms with Crippen molar-refractivity contribution in [2.24, 2.45) is 0 Å². The van der Waals surface area contributed by atoms with Crippen LogP contribution in [0, 0.1) is 0 Å². The number of rotatable bonds is 9. The van der Waals surface area contributed by atoms with E-state index in [9.17, 15) is 22.8 Å². The van der Waals surface area contributed by atoms with Gasteiger partial charge in [-0.2, -0.15) is 18.3 Å². The fraction of sp³-hybridized carbons (Fsp3) is 0.308. The lowest BCUT2D eigenvalue weighted by Crippen LogP contribution is -2.28. The van der Waals surface area contributed by atoms with Crippen molar-refractivity contribution in [1.82, 2.24) is 19.7 Å². The minimum atomic E-state index is -4.41. The van der Waals surface area contributed by atoms with Crippen LogP contribution < -0.4 is 10.9 Å². The van der Waals surface area contributed by atoms with Gasteiger partial charge in [-0.05, 0) is 54.7 Å². The lowest BCUT2D eigenvalue weighted by molar-refractivity contribution is -0.137. The van der Waals surface area contributed by atoms with Crippen molar-refractivity contribution < 1.29 is 18.0 Å². The standard InChI is InChI=1S/C26H26F3N5O2S/c1-3-16-7-11-19(12-8-16)31-23(35)21(4-2)37-25-32-22-20(15-30-33-22)24(36)34(25)14-13-17-5-9-18(10-6-17)26(27,28)29/h5-12,15,21H,3-4,13-14H2,1-2H3,(H,30,33)(H,31,35). The van der Waals surface area contributed by atoms with Crippen LogP contribution in [0.1, 0.15) is 37.0 Å². The molecule has 0 aliphatic heterocycles. The van der Waals surface area contributed by atoms with Crippen LogP contribution >= 0.6 is 11.8 Å². The third kappa shape index (κ3) is 6.22. The summed E-state index contributed by atoms with van der Waals surface area (Å²) in [5.74, 6) is -0.218. The molecule has 0 saturated heterocycles. The summed E-state index contributed by atoms with van der Waals surface area (Å²) in [7, 11) is 0. The zero-order valence-corrected chi connectivity index (χ0v) is 21.1. The van der Waals surface area contributed by atoms with Crippen molar-refractivity contribution in [2.45, 2.75) is 56.2 Å². The molecule has 2 aromatic heterocycles. The van der Waals surface area contributed by atoms with Gasteiger partial charge in [-0.3, -0.25) is 19.3 Å². The first-order valence-electron chi connectivity index (χ1n) is 11.9. The first-order chi connectivity index (χ1) is 17.7. The van der Waals surface area contributed by atoms with Crippen molar-refractivity contribution in [2.75, 3.05) is 5.32 Å². The molecular weight excluding hydrogens is 503 g/mol. The lowest BCUT2D eigenvalue weighted by atomic mass is 10.1. The number of benzene rings is 2. The Morgan fingerprint density at radius 2 is 1.76 bits per heavy atom. The van der Waals surface area contributed by atoms with Crippen molar-refractivity contribution >= 4 is 34.4 Å². The minimum Gasteiger partial charge on any atom is -0.325 e. The van der Waals surface area contributed by atoms with Crippen LogP contribution in [0.3, 0.4) is 0 Å². The van der Waals surface area contributed by atoms with E-state index >= 15 is 0 Å². The number of anilines is 1. The maximum atomic E-state index is 13.2. The number of carbonyl (C=O) groups excluding carboxylic acids is 1. The molecule has 0 aliphatic carbocycles. The minimum absolute atomic E-state index is 0.178. The Kier molecular flexibility index (Phi) is 8.01. The number of aromatic amines is 1. The van der Waals surface area contributed by atoms with E-state index in [2.05, 4.69) is 27.4 Å². The molecule has 0 saturated carbocycles. The average molecular weight is 530 g/mol. The van der Waals surface area contributed by atoms with Crippen molar-refractivity contribution in [3.05, 3.63) is 81.8 Å². The molecule has 37 heavy (non-hydrogen) atoms. The molecule has 194 valence electrons. The summed E-state index contributed by atoms with van der Waals surface area (Å²) in [4.78, 5) is 30.8.